The van der Waals surface area contributed by atoms with Crippen molar-refractivity contribution in [3.8, 4) is 5.75 Å². The van der Waals surface area contributed by atoms with Gasteiger partial charge in [-0.05, 0) is 30.4 Å². The first-order valence-electron chi connectivity index (χ1n) is 7.86. The van der Waals surface area contributed by atoms with Crippen LogP contribution in [0.25, 0.3) is 0 Å². The van der Waals surface area contributed by atoms with Crippen molar-refractivity contribution in [1.82, 2.24) is 15.1 Å². The quantitative estimate of drug-likeness (QED) is 0.915. The van der Waals surface area contributed by atoms with E-state index in [9.17, 15) is 4.79 Å². The molecule has 0 spiro atoms. The van der Waals surface area contributed by atoms with Gasteiger partial charge < -0.3 is 10.1 Å². The molecular formula is C17H20ClN3O2. The Morgan fingerprint density at radius 3 is 3.13 bits per heavy atom. The molecule has 23 heavy (non-hydrogen) atoms. The van der Waals surface area contributed by atoms with Gasteiger partial charge in [0.2, 0.25) is 5.91 Å². The second-order valence-corrected chi connectivity index (χ2v) is 6.23. The minimum Gasteiger partial charge on any atom is -0.493 e. The van der Waals surface area contributed by atoms with Gasteiger partial charge in [-0.15, -0.1) is 0 Å². The first kappa shape index (κ1) is 15.9. The van der Waals surface area contributed by atoms with E-state index in [0.717, 1.165) is 18.6 Å². The summed E-state index contributed by atoms with van der Waals surface area (Å²) in [5.74, 6) is 1.41. The van der Waals surface area contributed by atoms with Crippen molar-refractivity contribution in [2.75, 3.05) is 13.2 Å². The SMILES string of the molecule is O=C(CCn1cc(Cl)cn1)NCC1CCOc2ccccc2C1. The molecule has 1 aromatic carbocycles. The van der Waals surface area contributed by atoms with Gasteiger partial charge in [0.15, 0.2) is 0 Å². The Morgan fingerprint density at radius 2 is 2.30 bits per heavy atom. The van der Waals surface area contributed by atoms with Gasteiger partial charge in [0.1, 0.15) is 5.75 Å². The molecule has 122 valence electrons. The van der Waals surface area contributed by atoms with E-state index >= 15 is 0 Å². The summed E-state index contributed by atoms with van der Waals surface area (Å²) in [5, 5.41) is 7.67. The lowest BCUT2D eigenvalue weighted by atomic mass is 9.97. The Hall–Kier alpha value is -2.01. The largest absolute Gasteiger partial charge is 0.493 e. The molecule has 0 bridgehead atoms. The molecule has 0 fully saturated rings. The number of hydrogen-bond donors (Lipinski definition) is 1. The second kappa shape index (κ2) is 7.51. The molecule has 6 heteroatoms. The van der Waals surface area contributed by atoms with Crippen LogP contribution >= 0.6 is 11.6 Å². The van der Waals surface area contributed by atoms with Crippen molar-refractivity contribution in [1.29, 1.82) is 0 Å². The number of benzene rings is 1. The molecule has 2 heterocycles. The van der Waals surface area contributed by atoms with Crippen LogP contribution in [0.15, 0.2) is 36.7 Å². The number of para-hydroxylation sites is 1. The number of nitrogens with zero attached hydrogens (tertiary/aromatic N) is 2. The van der Waals surface area contributed by atoms with Gasteiger partial charge in [0.25, 0.3) is 0 Å². The molecule has 0 saturated carbocycles. The van der Waals surface area contributed by atoms with Gasteiger partial charge in [0, 0.05) is 25.7 Å². The Bertz CT molecular complexity index is 671. The van der Waals surface area contributed by atoms with E-state index in [-0.39, 0.29) is 5.91 Å². The van der Waals surface area contributed by atoms with Gasteiger partial charge in [-0.3, -0.25) is 9.48 Å². The molecule has 2 aromatic rings. The Morgan fingerprint density at radius 1 is 1.43 bits per heavy atom. The fraction of sp³-hybridized carbons (Fsp3) is 0.412. The third-order valence-electron chi connectivity index (χ3n) is 4.02. The summed E-state index contributed by atoms with van der Waals surface area (Å²) in [7, 11) is 0. The van der Waals surface area contributed by atoms with Crippen LogP contribution in [0.5, 0.6) is 5.75 Å². The summed E-state index contributed by atoms with van der Waals surface area (Å²) in [6.45, 7) is 1.91. The molecule has 1 aromatic heterocycles. The zero-order chi connectivity index (χ0) is 16.1. The molecule has 1 atom stereocenters. The molecule has 1 unspecified atom stereocenters. The predicted molar refractivity (Wildman–Crippen MR) is 88.6 cm³/mol. The fourth-order valence-electron chi connectivity index (χ4n) is 2.76. The number of aryl methyl sites for hydroxylation is 1. The van der Waals surface area contributed by atoms with E-state index in [2.05, 4.69) is 16.5 Å². The lowest BCUT2D eigenvalue weighted by Crippen LogP contribution is -2.31. The van der Waals surface area contributed by atoms with E-state index in [0.29, 0.717) is 37.1 Å². The van der Waals surface area contributed by atoms with E-state index in [4.69, 9.17) is 16.3 Å². The number of nitrogens with one attached hydrogen (secondary N) is 1. The van der Waals surface area contributed by atoms with E-state index in [1.807, 2.05) is 18.2 Å². The zero-order valence-electron chi connectivity index (χ0n) is 12.9. The molecule has 1 N–H and O–H groups in total. The Kier molecular flexibility index (Phi) is 5.18. The van der Waals surface area contributed by atoms with Crippen LogP contribution in [-0.2, 0) is 17.8 Å². The third kappa shape index (κ3) is 4.48. The van der Waals surface area contributed by atoms with Crippen molar-refractivity contribution < 1.29 is 9.53 Å². The second-order valence-electron chi connectivity index (χ2n) is 5.79. The number of fused-ring (bicyclic) bond motifs is 1. The molecule has 0 aliphatic carbocycles. The maximum Gasteiger partial charge on any atom is 0.221 e. The van der Waals surface area contributed by atoms with Crippen molar-refractivity contribution in [2.45, 2.75) is 25.8 Å². The Labute approximate surface area is 140 Å². The van der Waals surface area contributed by atoms with Crippen LogP contribution in [0.2, 0.25) is 5.02 Å². The summed E-state index contributed by atoms with van der Waals surface area (Å²) >= 11 is 5.80. The summed E-state index contributed by atoms with van der Waals surface area (Å²) in [6, 6.07) is 8.11. The van der Waals surface area contributed by atoms with Gasteiger partial charge in [-0.25, -0.2) is 0 Å². The van der Waals surface area contributed by atoms with Crippen molar-refractivity contribution in [3.63, 3.8) is 0 Å². The van der Waals surface area contributed by atoms with Crippen molar-refractivity contribution in [3.05, 3.63) is 47.2 Å². The average molecular weight is 334 g/mol. The number of hydrogen-bond acceptors (Lipinski definition) is 3. The fourth-order valence-corrected chi connectivity index (χ4v) is 2.92. The third-order valence-corrected chi connectivity index (χ3v) is 4.22. The number of aromatic nitrogens is 2. The highest BCUT2D eigenvalue weighted by Crippen LogP contribution is 2.26. The highest BCUT2D eigenvalue weighted by molar-refractivity contribution is 6.30. The number of carbonyl (C=O) groups excluding carboxylic acids is 1. The molecule has 3 rings (SSSR count). The minimum absolute atomic E-state index is 0.0371. The van der Waals surface area contributed by atoms with Crippen LogP contribution in [0.1, 0.15) is 18.4 Å². The maximum atomic E-state index is 12.0. The van der Waals surface area contributed by atoms with Gasteiger partial charge >= 0.3 is 0 Å². The molecule has 0 radical (unpaired) electrons. The van der Waals surface area contributed by atoms with Gasteiger partial charge in [-0.2, -0.15) is 5.10 Å². The lowest BCUT2D eigenvalue weighted by molar-refractivity contribution is -0.121. The summed E-state index contributed by atoms with van der Waals surface area (Å²) in [6.07, 6.45) is 5.57. The first-order chi connectivity index (χ1) is 11.2. The molecule has 1 aliphatic rings. The molecule has 5 nitrogen and oxygen atoms in total. The van der Waals surface area contributed by atoms with Crippen LogP contribution < -0.4 is 10.1 Å². The smallest absolute Gasteiger partial charge is 0.221 e. The van der Waals surface area contributed by atoms with E-state index < -0.39 is 0 Å². The van der Waals surface area contributed by atoms with Crippen LogP contribution in [-0.4, -0.2) is 28.8 Å². The number of halogens is 1. The summed E-state index contributed by atoms with van der Waals surface area (Å²) in [4.78, 5) is 12.0. The monoisotopic (exact) mass is 333 g/mol. The number of carbonyl (C=O) groups is 1. The van der Waals surface area contributed by atoms with E-state index in [1.54, 1.807) is 17.1 Å². The first-order valence-corrected chi connectivity index (χ1v) is 8.24. The molecule has 0 saturated heterocycles. The highest BCUT2D eigenvalue weighted by Gasteiger charge is 2.18. The van der Waals surface area contributed by atoms with E-state index in [1.165, 1.54) is 5.56 Å². The summed E-state index contributed by atoms with van der Waals surface area (Å²) < 4.78 is 7.43. The standard InChI is InChI=1S/C17H20ClN3O2/c18-15-11-20-21(12-15)7-5-17(22)19-10-13-6-8-23-16-4-2-1-3-14(16)9-13/h1-4,11-13H,5-10H2,(H,19,22). The van der Waals surface area contributed by atoms with Gasteiger partial charge in [0.05, 0.1) is 17.8 Å². The number of amides is 1. The van der Waals surface area contributed by atoms with Crippen LogP contribution in [0.3, 0.4) is 0 Å². The molecule has 1 amide bonds. The number of rotatable bonds is 5. The lowest BCUT2D eigenvalue weighted by Gasteiger charge is -2.14. The van der Waals surface area contributed by atoms with Crippen LogP contribution in [0.4, 0.5) is 0 Å². The number of ether oxygens (including phenoxy) is 1. The average Bonchev–Trinajstić information content (AvgIpc) is 2.86. The normalized spacial score (nSPS) is 17.0. The van der Waals surface area contributed by atoms with Crippen molar-refractivity contribution in [2.24, 2.45) is 5.92 Å². The van der Waals surface area contributed by atoms with Crippen molar-refractivity contribution >= 4 is 17.5 Å². The zero-order valence-corrected chi connectivity index (χ0v) is 13.6. The van der Waals surface area contributed by atoms with Crippen LogP contribution in [0, 0.1) is 5.92 Å². The topological polar surface area (TPSA) is 56.2 Å². The summed E-state index contributed by atoms with van der Waals surface area (Å²) in [5.41, 5.74) is 1.22. The maximum absolute atomic E-state index is 12.0. The minimum atomic E-state index is 0.0371. The van der Waals surface area contributed by atoms with Gasteiger partial charge in [-0.1, -0.05) is 29.8 Å². The molecule has 1 aliphatic heterocycles. The highest BCUT2D eigenvalue weighted by atomic mass is 35.5. The predicted octanol–water partition coefficient (Wildman–Crippen LogP) is 2.68. The Balaban J connectivity index is 1.45. The molecular weight excluding hydrogens is 314 g/mol.